The SMILES string of the molecule is CCOC(=O)C1=CCCCC1O. The maximum Gasteiger partial charge on any atom is 0.336 e. The van der Waals surface area contributed by atoms with Crippen molar-refractivity contribution in [1.29, 1.82) is 0 Å². The lowest BCUT2D eigenvalue weighted by atomic mass is 9.97. The third-order valence-electron chi connectivity index (χ3n) is 1.92. The van der Waals surface area contributed by atoms with Crippen molar-refractivity contribution in [3.05, 3.63) is 11.6 Å². The van der Waals surface area contributed by atoms with Gasteiger partial charge < -0.3 is 9.84 Å². The molecule has 1 rings (SSSR count). The molecule has 0 heterocycles. The van der Waals surface area contributed by atoms with Crippen molar-refractivity contribution < 1.29 is 14.6 Å². The molecule has 1 aliphatic carbocycles. The van der Waals surface area contributed by atoms with Crippen molar-refractivity contribution in [3.8, 4) is 0 Å². The number of carbonyl (C=O) groups is 1. The fraction of sp³-hybridized carbons (Fsp3) is 0.667. The third kappa shape index (κ3) is 2.08. The van der Waals surface area contributed by atoms with Crippen molar-refractivity contribution in [2.75, 3.05) is 6.61 Å². The van der Waals surface area contributed by atoms with Gasteiger partial charge in [0.2, 0.25) is 0 Å². The van der Waals surface area contributed by atoms with E-state index in [4.69, 9.17) is 4.74 Å². The van der Waals surface area contributed by atoms with E-state index in [0.29, 0.717) is 18.6 Å². The second-order valence-corrected chi connectivity index (χ2v) is 2.83. The highest BCUT2D eigenvalue weighted by atomic mass is 16.5. The summed E-state index contributed by atoms with van der Waals surface area (Å²) in [6.07, 6.45) is 3.64. The smallest absolute Gasteiger partial charge is 0.336 e. The van der Waals surface area contributed by atoms with Crippen LogP contribution < -0.4 is 0 Å². The Labute approximate surface area is 72.0 Å². The Kier molecular flexibility index (Phi) is 3.29. The van der Waals surface area contributed by atoms with E-state index < -0.39 is 6.10 Å². The largest absolute Gasteiger partial charge is 0.463 e. The van der Waals surface area contributed by atoms with E-state index in [-0.39, 0.29) is 5.97 Å². The zero-order chi connectivity index (χ0) is 8.97. The molecule has 1 aliphatic rings. The highest BCUT2D eigenvalue weighted by Crippen LogP contribution is 2.19. The van der Waals surface area contributed by atoms with Gasteiger partial charge in [-0.1, -0.05) is 6.08 Å². The van der Waals surface area contributed by atoms with Crippen molar-refractivity contribution in [1.82, 2.24) is 0 Å². The van der Waals surface area contributed by atoms with Gasteiger partial charge in [-0.2, -0.15) is 0 Å². The molecule has 3 heteroatoms. The second-order valence-electron chi connectivity index (χ2n) is 2.83. The Morgan fingerprint density at radius 3 is 3.17 bits per heavy atom. The molecule has 12 heavy (non-hydrogen) atoms. The summed E-state index contributed by atoms with van der Waals surface area (Å²) in [6, 6.07) is 0. The van der Waals surface area contributed by atoms with Crippen LogP contribution in [0.25, 0.3) is 0 Å². The molecule has 3 nitrogen and oxygen atoms in total. The summed E-state index contributed by atoms with van der Waals surface area (Å²) in [4.78, 5) is 11.2. The minimum Gasteiger partial charge on any atom is -0.463 e. The highest BCUT2D eigenvalue weighted by molar-refractivity contribution is 5.89. The maximum absolute atomic E-state index is 11.2. The van der Waals surface area contributed by atoms with Gasteiger partial charge in [0.15, 0.2) is 0 Å². The van der Waals surface area contributed by atoms with Crippen molar-refractivity contribution in [3.63, 3.8) is 0 Å². The van der Waals surface area contributed by atoms with Crippen LogP contribution in [0, 0.1) is 0 Å². The van der Waals surface area contributed by atoms with Crippen LogP contribution in [0.4, 0.5) is 0 Å². The van der Waals surface area contributed by atoms with Crippen molar-refractivity contribution in [2.24, 2.45) is 0 Å². The highest BCUT2D eigenvalue weighted by Gasteiger charge is 2.21. The molecule has 1 atom stereocenters. The first-order chi connectivity index (χ1) is 5.75. The van der Waals surface area contributed by atoms with E-state index in [0.717, 1.165) is 12.8 Å². The van der Waals surface area contributed by atoms with Crippen LogP contribution in [0.2, 0.25) is 0 Å². The normalized spacial score (nSPS) is 23.2. The summed E-state index contributed by atoms with van der Waals surface area (Å²) in [5.74, 6) is -0.371. The van der Waals surface area contributed by atoms with Crippen LogP contribution in [0.3, 0.4) is 0 Å². The van der Waals surface area contributed by atoms with E-state index in [1.54, 1.807) is 13.0 Å². The number of hydrogen-bond donors (Lipinski definition) is 1. The minimum atomic E-state index is -0.613. The number of aliphatic hydroxyl groups is 1. The van der Waals surface area contributed by atoms with Gasteiger partial charge in [0, 0.05) is 0 Å². The molecule has 0 aliphatic heterocycles. The van der Waals surface area contributed by atoms with Crippen LogP contribution in [0.1, 0.15) is 26.2 Å². The Morgan fingerprint density at radius 1 is 1.83 bits per heavy atom. The molecule has 0 aromatic heterocycles. The molecule has 0 saturated carbocycles. The predicted molar refractivity (Wildman–Crippen MR) is 44.6 cm³/mol. The Hall–Kier alpha value is -0.830. The molecule has 0 aromatic rings. The van der Waals surface area contributed by atoms with Crippen molar-refractivity contribution >= 4 is 5.97 Å². The van der Waals surface area contributed by atoms with Gasteiger partial charge >= 0.3 is 5.97 Å². The molecule has 0 fully saturated rings. The molecule has 0 spiro atoms. The molecule has 68 valence electrons. The number of carbonyl (C=O) groups excluding carboxylic acids is 1. The summed E-state index contributed by atoms with van der Waals surface area (Å²) in [6.45, 7) is 2.12. The summed E-state index contributed by atoms with van der Waals surface area (Å²) < 4.78 is 4.78. The molecule has 0 saturated heterocycles. The van der Waals surface area contributed by atoms with Gasteiger partial charge in [-0.15, -0.1) is 0 Å². The van der Waals surface area contributed by atoms with E-state index in [1.807, 2.05) is 0 Å². The number of ether oxygens (including phenoxy) is 1. The quantitative estimate of drug-likeness (QED) is 0.629. The van der Waals surface area contributed by atoms with E-state index in [9.17, 15) is 9.90 Å². The zero-order valence-corrected chi connectivity index (χ0v) is 7.25. The summed E-state index contributed by atoms with van der Waals surface area (Å²) >= 11 is 0. The van der Waals surface area contributed by atoms with Crippen LogP contribution >= 0.6 is 0 Å². The molecule has 1 N–H and O–H groups in total. The van der Waals surface area contributed by atoms with Gasteiger partial charge in [0.1, 0.15) is 0 Å². The number of esters is 1. The summed E-state index contributed by atoms with van der Waals surface area (Å²) in [5, 5.41) is 9.40. The van der Waals surface area contributed by atoms with Gasteiger partial charge in [-0.05, 0) is 26.2 Å². The van der Waals surface area contributed by atoms with Crippen molar-refractivity contribution in [2.45, 2.75) is 32.3 Å². The molecular formula is C9H14O3. The number of rotatable bonds is 2. The first-order valence-electron chi connectivity index (χ1n) is 4.31. The van der Waals surface area contributed by atoms with Crippen LogP contribution in [0.5, 0.6) is 0 Å². The number of allylic oxidation sites excluding steroid dienone is 1. The lowest BCUT2D eigenvalue weighted by Crippen LogP contribution is -2.22. The lowest BCUT2D eigenvalue weighted by molar-refractivity contribution is -0.139. The minimum absolute atomic E-state index is 0.364. The first kappa shape index (κ1) is 9.26. The molecule has 0 aromatic carbocycles. The number of aliphatic hydroxyl groups excluding tert-OH is 1. The van der Waals surface area contributed by atoms with Gasteiger partial charge in [0.25, 0.3) is 0 Å². The molecule has 1 unspecified atom stereocenters. The zero-order valence-electron chi connectivity index (χ0n) is 7.25. The predicted octanol–water partition coefficient (Wildman–Crippen LogP) is 1.02. The van der Waals surface area contributed by atoms with Gasteiger partial charge in [-0.25, -0.2) is 4.79 Å². The van der Waals surface area contributed by atoms with E-state index in [1.165, 1.54) is 0 Å². The van der Waals surface area contributed by atoms with Gasteiger partial charge in [-0.3, -0.25) is 0 Å². The van der Waals surface area contributed by atoms with Crippen LogP contribution in [0.15, 0.2) is 11.6 Å². The fourth-order valence-electron chi connectivity index (χ4n) is 1.29. The fourth-order valence-corrected chi connectivity index (χ4v) is 1.29. The standard InChI is InChI=1S/C9H14O3/c1-2-12-9(11)7-5-3-4-6-8(7)10/h5,8,10H,2-4,6H2,1H3. The Morgan fingerprint density at radius 2 is 2.58 bits per heavy atom. The third-order valence-corrected chi connectivity index (χ3v) is 1.92. The maximum atomic E-state index is 11.2. The summed E-state index contributed by atoms with van der Waals surface area (Å²) in [5.41, 5.74) is 0.433. The van der Waals surface area contributed by atoms with Crippen LogP contribution in [-0.2, 0) is 9.53 Å². The average molecular weight is 170 g/mol. The molecule has 0 bridgehead atoms. The van der Waals surface area contributed by atoms with E-state index >= 15 is 0 Å². The summed E-state index contributed by atoms with van der Waals surface area (Å²) in [7, 11) is 0. The van der Waals surface area contributed by atoms with Crippen LogP contribution in [-0.4, -0.2) is 23.8 Å². The number of hydrogen-bond acceptors (Lipinski definition) is 3. The first-order valence-corrected chi connectivity index (χ1v) is 4.31. The Bertz CT molecular complexity index is 196. The second kappa shape index (κ2) is 4.26. The van der Waals surface area contributed by atoms with E-state index in [2.05, 4.69) is 0 Å². The molecule has 0 radical (unpaired) electrons. The topological polar surface area (TPSA) is 46.5 Å². The molecular weight excluding hydrogens is 156 g/mol. The van der Waals surface area contributed by atoms with Gasteiger partial charge in [0.05, 0.1) is 18.3 Å². The lowest BCUT2D eigenvalue weighted by Gasteiger charge is -2.17. The monoisotopic (exact) mass is 170 g/mol. The Balaban J connectivity index is 2.59. The average Bonchev–Trinajstić information content (AvgIpc) is 2.05. The molecule has 0 amide bonds.